The molecule has 6 heteroatoms. The number of hydrogen-bond donors (Lipinski definition) is 1. The van der Waals surface area contributed by atoms with Crippen LogP contribution in [0.2, 0.25) is 0 Å². The van der Waals surface area contributed by atoms with Crippen molar-refractivity contribution in [3.63, 3.8) is 0 Å². The molecule has 0 aliphatic carbocycles. The highest BCUT2D eigenvalue weighted by Crippen LogP contribution is 2.16. The van der Waals surface area contributed by atoms with Crippen LogP contribution in [0.25, 0.3) is 0 Å². The molecule has 3 atom stereocenters. The number of aliphatic hydroxyl groups is 1. The summed E-state index contributed by atoms with van der Waals surface area (Å²) in [5.41, 5.74) is 0. The number of nitrogens with zero attached hydrogens (tertiary/aromatic N) is 2. The van der Waals surface area contributed by atoms with Gasteiger partial charge in [-0.1, -0.05) is 10.4 Å². The van der Waals surface area contributed by atoms with Crippen LogP contribution in [0.3, 0.4) is 0 Å². The summed E-state index contributed by atoms with van der Waals surface area (Å²) in [6, 6.07) is -0.701. The highest BCUT2D eigenvalue weighted by Gasteiger charge is 2.30. The minimum Gasteiger partial charge on any atom is -0.391 e. The molecule has 0 saturated carbocycles. The van der Waals surface area contributed by atoms with Gasteiger partial charge in [-0.25, -0.2) is 0 Å². The van der Waals surface area contributed by atoms with Gasteiger partial charge in [0.1, 0.15) is 12.6 Å². The predicted octanol–water partition coefficient (Wildman–Crippen LogP) is 0.0376. The van der Waals surface area contributed by atoms with Gasteiger partial charge in [-0.05, 0) is 0 Å². The Hall–Kier alpha value is -0.880. The van der Waals surface area contributed by atoms with Gasteiger partial charge < -0.3 is 9.84 Å². The van der Waals surface area contributed by atoms with Crippen molar-refractivity contribution in [2.45, 2.75) is 24.7 Å². The Labute approximate surface area is 68.9 Å². The fourth-order valence-electron chi connectivity index (χ4n) is 1.15. The third-order valence-electron chi connectivity index (χ3n) is 1.86. The summed E-state index contributed by atoms with van der Waals surface area (Å²) in [6.45, 7) is 0.0908. The van der Waals surface area contributed by atoms with E-state index >= 15 is 0 Å². The molecule has 1 saturated heterocycles. The van der Waals surface area contributed by atoms with Crippen molar-refractivity contribution in [3.8, 4) is 0 Å². The van der Waals surface area contributed by atoms with Crippen molar-refractivity contribution < 1.29 is 9.84 Å². The normalized spacial score (nSPS) is 35.9. The van der Waals surface area contributed by atoms with Gasteiger partial charge in [-0.15, -0.1) is 0 Å². The first-order valence-electron chi connectivity index (χ1n) is 3.69. The maximum absolute atomic E-state index is 10.1. The van der Waals surface area contributed by atoms with Gasteiger partial charge in [-0.3, -0.25) is 0 Å². The molecule has 1 N–H and O–H groups in total. The van der Waals surface area contributed by atoms with Crippen LogP contribution in [0.4, 0.5) is 0 Å². The average molecular weight is 174 g/mol. The van der Waals surface area contributed by atoms with E-state index in [4.69, 9.17) is 4.74 Å². The second-order valence-electron chi connectivity index (χ2n) is 2.74. The summed E-state index contributed by atoms with van der Waals surface area (Å²) in [5, 5.41) is 14.6. The molecule has 0 spiro atoms. The van der Waals surface area contributed by atoms with Crippen molar-refractivity contribution in [2.75, 3.05) is 13.2 Å². The minimum atomic E-state index is -0.803. The molecule has 1 fully saturated rings. The van der Waals surface area contributed by atoms with Gasteiger partial charge in [0.2, 0.25) is 0 Å². The third-order valence-corrected chi connectivity index (χ3v) is 1.86. The maximum Gasteiger partial charge on any atom is 0.141 e. The van der Waals surface area contributed by atoms with E-state index in [9.17, 15) is 14.9 Å². The molecule has 6 nitrogen and oxygen atoms in total. The van der Waals surface area contributed by atoms with Crippen LogP contribution < -0.4 is 0 Å². The molecular formula is C6H10N2O4. The minimum absolute atomic E-state index is 0.0165. The SMILES string of the molecule is O=NC[C@@H]1C[C@H](O)[C@@H](N=O)CO1. The van der Waals surface area contributed by atoms with E-state index in [-0.39, 0.29) is 25.7 Å². The summed E-state index contributed by atoms with van der Waals surface area (Å²) >= 11 is 0. The molecule has 0 aromatic rings. The number of hydrogen-bond acceptors (Lipinski definition) is 6. The molecule has 1 heterocycles. The Morgan fingerprint density at radius 3 is 2.75 bits per heavy atom. The molecule has 1 aliphatic rings. The van der Waals surface area contributed by atoms with E-state index in [2.05, 4.69) is 10.4 Å². The van der Waals surface area contributed by atoms with Gasteiger partial charge >= 0.3 is 0 Å². The first-order chi connectivity index (χ1) is 5.77. The van der Waals surface area contributed by atoms with Gasteiger partial charge in [-0.2, -0.15) is 9.81 Å². The van der Waals surface area contributed by atoms with Crippen molar-refractivity contribution in [3.05, 3.63) is 9.81 Å². The lowest BCUT2D eigenvalue weighted by molar-refractivity contribution is -0.0515. The van der Waals surface area contributed by atoms with Gasteiger partial charge in [0.05, 0.1) is 18.8 Å². The van der Waals surface area contributed by atoms with E-state index in [0.717, 1.165) is 0 Å². The van der Waals surface area contributed by atoms with Crippen LogP contribution in [0.5, 0.6) is 0 Å². The molecule has 0 aromatic carbocycles. The lowest BCUT2D eigenvalue weighted by Gasteiger charge is -2.27. The Morgan fingerprint density at radius 2 is 2.25 bits per heavy atom. The number of ether oxygens (including phenoxy) is 1. The van der Waals surface area contributed by atoms with Gasteiger partial charge in [0, 0.05) is 6.42 Å². The van der Waals surface area contributed by atoms with E-state index in [1.807, 2.05) is 0 Å². The molecule has 68 valence electrons. The third kappa shape index (κ3) is 2.05. The second-order valence-corrected chi connectivity index (χ2v) is 2.74. The topological polar surface area (TPSA) is 88.3 Å². The molecule has 1 aliphatic heterocycles. The summed E-state index contributed by atoms with van der Waals surface area (Å²) in [6.07, 6.45) is -0.916. The number of nitroso groups, excluding NO2 is 2. The quantitative estimate of drug-likeness (QED) is 0.611. The number of aliphatic hydroxyl groups excluding tert-OH is 1. The lowest BCUT2D eigenvalue weighted by atomic mass is 10.0. The lowest BCUT2D eigenvalue weighted by Crippen LogP contribution is -2.41. The highest BCUT2D eigenvalue weighted by molar-refractivity contribution is 4.83. The van der Waals surface area contributed by atoms with Crippen LogP contribution in [-0.2, 0) is 4.74 Å². The monoisotopic (exact) mass is 174 g/mol. The summed E-state index contributed by atoms with van der Waals surface area (Å²) < 4.78 is 5.04. The van der Waals surface area contributed by atoms with Gasteiger partial charge in [0.15, 0.2) is 0 Å². The largest absolute Gasteiger partial charge is 0.391 e. The summed E-state index contributed by atoms with van der Waals surface area (Å²) in [5.74, 6) is 0. The molecular weight excluding hydrogens is 164 g/mol. The fraction of sp³-hybridized carbons (Fsp3) is 1.00. The fourth-order valence-corrected chi connectivity index (χ4v) is 1.15. The first-order valence-corrected chi connectivity index (χ1v) is 3.69. The Morgan fingerprint density at radius 1 is 1.50 bits per heavy atom. The van der Waals surface area contributed by atoms with Crippen molar-refractivity contribution in [1.29, 1.82) is 0 Å². The molecule has 0 bridgehead atoms. The molecule has 12 heavy (non-hydrogen) atoms. The first kappa shape index (κ1) is 9.21. The predicted molar refractivity (Wildman–Crippen MR) is 40.6 cm³/mol. The van der Waals surface area contributed by atoms with Crippen LogP contribution in [0.1, 0.15) is 6.42 Å². The van der Waals surface area contributed by atoms with Crippen LogP contribution in [0, 0.1) is 9.81 Å². The van der Waals surface area contributed by atoms with Crippen molar-refractivity contribution in [2.24, 2.45) is 10.4 Å². The molecule has 0 amide bonds. The Bertz CT molecular complexity index is 175. The van der Waals surface area contributed by atoms with Crippen molar-refractivity contribution in [1.82, 2.24) is 0 Å². The van der Waals surface area contributed by atoms with Crippen molar-refractivity contribution >= 4 is 0 Å². The zero-order valence-corrected chi connectivity index (χ0v) is 6.42. The summed E-state index contributed by atoms with van der Waals surface area (Å²) in [7, 11) is 0. The van der Waals surface area contributed by atoms with Gasteiger partial charge in [0.25, 0.3) is 0 Å². The zero-order valence-electron chi connectivity index (χ0n) is 6.42. The van der Waals surface area contributed by atoms with Crippen LogP contribution in [-0.4, -0.2) is 36.5 Å². The summed E-state index contributed by atoms with van der Waals surface area (Å²) in [4.78, 5) is 19.9. The smallest absolute Gasteiger partial charge is 0.141 e. The second kappa shape index (κ2) is 4.22. The standard InChI is InChI=1S/C6H10N2O4/c9-6-1-4(2-7-10)12-3-5(6)8-11/h4-6,9H,1-3H2/t4-,5-,6-/m0/s1. The van der Waals surface area contributed by atoms with E-state index < -0.39 is 12.1 Å². The molecule has 1 rings (SSSR count). The molecule has 0 unspecified atom stereocenters. The van der Waals surface area contributed by atoms with E-state index in [1.54, 1.807) is 0 Å². The van der Waals surface area contributed by atoms with Crippen LogP contribution >= 0.6 is 0 Å². The average Bonchev–Trinajstić information content (AvgIpc) is 2.05. The Balaban J connectivity index is 2.39. The maximum atomic E-state index is 10.1. The molecule has 0 aromatic heterocycles. The Kier molecular flexibility index (Phi) is 3.24. The van der Waals surface area contributed by atoms with E-state index in [1.165, 1.54) is 0 Å². The number of rotatable bonds is 3. The highest BCUT2D eigenvalue weighted by atomic mass is 16.5. The zero-order chi connectivity index (χ0) is 8.97. The van der Waals surface area contributed by atoms with Crippen LogP contribution in [0.15, 0.2) is 10.4 Å². The van der Waals surface area contributed by atoms with E-state index in [0.29, 0.717) is 0 Å². The molecule has 0 radical (unpaired) electrons.